The van der Waals surface area contributed by atoms with Gasteiger partial charge in [0.05, 0.1) is 6.54 Å². The molecule has 35 heavy (non-hydrogen) atoms. The number of rotatable bonds is 7. The summed E-state index contributed by atoms with van der Waals surface area (Å²) in [4.78, 5) is 37.4. The Morgan fingerprint density at radius 3 is 2.57 bits per heavy atom. The van der Waals surface area contributed by atoms with Gasteiger partial charge in [-0.1, -0.05) is 30.3 Å². The first-order chi connectivity index (χ1) is 16.9. The third kappa shape index (κ3) is 5.43. The summed E-state index contributed by atoms with van der Waals surface area (Å²) in [6, 6.07) is 13.9. The first-order valence-electron chi connectivity index (χ1n) is 11.0. The van der Waals surface area contributed by atoms with Gasteiger partial charge in [0.25, 0.3) is 11.5 Å². The van der Waals surface area contributed by atoms with Gasteiger partial charge in [-0.05, 0) is 65.1 Å². The molecule has 0 bridgehead atoms. The van der Waals surface area contributed by atoms with E-state index in [0.29, 0.717) is 17.6 Å². The molecule has 2 N–H and O–H groups in total. The fourth-order valence-corrected chi connectivity index (χ4v) is 3.85. The van der Waals surface area contributed by atoms with E-state index in [1.807, 2.05) is 36.4 Å². The highest BCUT2D eigenvalue weighted by atomic mass is 19.2. The molecule has 8 heteroatoms. The smallest absolute Gasteiger partial charge is 0.263 e. The molecule has 0 fully saturated rings. The molecule has 4 rings (SSSR count). The fourth-order valence-electron chi connectivity index (χ4n) is 3.85. The minimum atomic E-state index is -1.000. The average Bonchev–Trinajstić information content (AvgIpc) is 3.36. The molecule has 178 valence electrons. The van der Waals surface area contributed by atoms with Crippen LogP contribution in [0.25, 0.3) is 5.57 Å². The van der Waals surface area contributed by atoms with Crippen LogP contribution in [0.3, 0.4) is 0 Å². The molecule has 2 aromatic carbocycles. The third-order valence-electron chi connectivity index (χ3n) is 5.71. The molecule has 0 saturated carbocycles. The number of aromatic nitrogens is 1. The van der Waals surface area contributed by atoms with Crippen LogP contribution in [-0.4, -0.2) is 23.4 Å². The Balaban J connectivity index is 1.45. The molecule has 3 aromatic rings. The van der Waals surface area contributed by atoms with Gasteiger partial charge in [-0.2, -0.15) is 0 Å². The highest BCUT2D eigenvalue weighted by molar-refractivity contribution is 5.99. The first-order valence-corrected chi connectivity index (χ1v) is 11.0. The number of amides is 2. The van der Waals surface area contributed by atoms with Crippen LogP contribution in [0, 0.1) is 11.6 Å². The predicted octanol–water partition coefficient (Wildman–Crippen LogP) is 3.56. The molecule has 0 radical (unpaired) electrons. The highest BCUT2D eigenvalue weighted by Crippen LogP contribution is 2.26. The zero-order chi connectivity index (χ0) is 24.9. The van der Waals surface area contributed by atoms with E-state index >= 15 is 0 Å². The molecule has 6 nitrogen and oxygen atoms in total. The zero-order valence-corrected chi connectivity index (χ0v) is 19.0. The monoisotopic (exact) mass is 475 g/mol. The van der Waals surface area contributed by atoms with Crippen LogP contribution in [0.4, 0.5) is 8.78 Å². The number of halogens is 2. The third-order valence-corrected chi connectivity index (χ3v) is 5.71. The van der Waals surface area contributed by atoms with E-state index in [9.17, 15) is 23.2 Å². The van der Waals surface area contributed by atoms with Gasteiger partial charge < -0.3 is 15.2 Å². The van der Waals surface area contributed by atoms with Gasteiger partial charge in [0.1, 0.15) is 5.56 Å². The second kappa shape index (κ2) is 10.3. The first kappa shape index (κ1) is 23.8. The lowest BCUT2D eigenvalue weighted by atomic mass is 10.0. The normalized spacial score (nSPS) is 12.7. The molecule has 0 aliphatic heterocycles. The van der Waals surface area contributed by atoms with Crippen molar-refractivity contribution in [1.29, 1.82) is 0 Å². The van der Waals surface area contributed by atoms with Gasteiger partial charge in [-0.15, -0.1) is 0 Å². The van der Waals surface area contributed by atoms with Gasteiger partial charge in [0.15, 0.2) is 11.6 Å². The fraction of sp³-hybridized carbons (Fsp3) is 0.148. The van der Waals surface area contributed by atoms with Crippen LogP contribution in [0.15, 0.2) is 83.3 Å². The predicted molar refractivity (Wildman–Crippen MR) is 129 cm³/mol. The van der Waals surface area contributed by atoms with E-state index in [4.69, 9.17) is 0 Å². The largest absolute Gasteiger partial charge is 0.355 e. The number of likely N-dealkylation sites (N-methyl/N-ethyl adjacent to an activating group) is 1. The Hall–Kier alpha value is -4.33. The van der Waals surface area contributed by atoms with Crippen molar-refractivity contribution in [3.63, 3.8) is 0 Å². The Kier molecular flexibility index (Phi) is 7.01. The number of allylic oxidation sites excluding steroid dienone is 3. The van der Waals surface area contributed by atoms with Gasteiger partial charge >= 0.3 is 0 Å². The maximum atomic E-state index is 13.5. The van der Waals surface area contributed by atoms with Gasteiger partial charge in [0.2, 0.25) is 5.91 Å². The van der Waals surface area contributed by atoms with E-state index in [2.05, 4.69) is 10.6 Å². The lowest BCUT2D eigenvalue weighted by Gasteiger charge is -2.10. The van der Waals surface area contributed by atoms with Crippen molar-refractivity contribution >= 4 is 17.4 Å². The van der Waals surface area contributed by atoms with Gasteiger partial charge in [-0.25, -0.2) is 8.78 Å². The molecule has 0 unspecified atom stereocenters. The summed E-state index contributed by atoms with van der Waals surface area (Å²) in [5.74, 6) is -2.62. The summed E-state index contributed by atoms with van der Waals surface area (Å²) in [6.45, 7) is 0.198. The quantitative estimate of drug-likeness (QED) is 0.549. The number of carbonyl (C=O) groups is 2. The molecule has 1 aliphatic rings. The molecule has 2 amide bonds. The second-order valence-corrected chi connectivity index (χ2v) is 8.10. The van der Waals surface area contributed by atoms with Crippen molar-refractivity contribution in [3.8, 4) is 0 Å². The maximum Gasteiger partial charge on any atom is 0.263 e. The number of hydrogen-bond acceptors (Lipinski definition) is 3. The highest BCUT2D eigenvalue weighted by Gasteiger charge is 2.15. The van der Waals surface area contributed by atoms with Crippen LogP contribution in [0.5, 0.6) is 0 Å². The summed E-state index contributed by atoms with van der Waals surface area (Å²) >= 11 is 0. The Morgan fingerprint density at radius 1 is 0.971 bits per heavy atom. The molecule has 1 aromatic heterocycles. The maximum absolute atomic E-state index is 13.5. The average molecular weight is 475 g/mol. The van der Waals surface area contributed by atoms with Crippen LogP contribution in [0.2, 0.25) is 0 Å². The minimum absolute atomic E-state index is 0.000129. The van der Waals surface area contributed by atoms with Crippen LogP contribution in [0.1, 0.15) is 33.5 Å². The zero-order valence-electron chi connectivity index (χ0n) is 19.0. The summed E-state index contributed by atoms with van der Waals surface area (Å²) < 4.78 is 27.9. The van der Waals surface area contributed by atoms with Gasteiger partial charge in [0, 0.05) is 25.4 Å². The number of nitrogens with one attached hydrogen (secondary N) is 2. The molecule has 1 aliphatic carbocycles. The topological polar surface area (TPSA) is 80.2 Å². The van der Waals surface area contributed by atoms with E-state index in [-0.39, 0.29) is 24.6 Å². The molecular weight excluding hydrogens is 452 g/mol. The van der Waals surface area contributed by atoms with E-state index in [1.54, 1.807) is 13.1 Å². The Morgan fingerprint density at radius 2 is 1.80 bits per heavy atom. The van der Waals surface area contributed by atoms with Crippen molar-refractivity contribution in [3.05, 3.63) is 123 Å². The van der Waals surface area contributed by atoms with Crippen molar-refractivity contribution in [1.82, 2.24) is 15.2 Å². The van der Waals surface area contributed by atoms with Crippen molar-refractivity contribution in [2.45, 2.75) is 19.5 Å². The van der Waals surface area contributed by atoms with Crippen molar-refractivity contribution in [2.24, 2.45) is 0 Å². The van der Waals surface area contributed by atoms with Crippen molar-refractivity contribution in [2.75, 3.05) is 7.05 Å². The lowest BCUT2D eigenvalue weighted by Crippen LogP contribution is -2.32. The molecule has 0 saturated heterocycles. The Bertz CT molecular complexity index is 1420. The Labute approximate surface area is 200 Å². The number of benzene rings is 2. The number of nitrogens with zero attached hydrogens (tertiary/aromatic N) is 1. The van der Waals surface area contributed by atoms with E-state index < -0.39 is 23.1 Å². The standard InChI is InChI=1S/C27H23F2N3O3/c1-30-25(33)21-9-8-20(14-21)19-5-2-4-17(12-19)15-31-26(34)22-6-3-11-32(27(22)35)16-18-7-10-23(28)24(29)13-18/h2-8,10-14H,9,15-16H2,1H3,(H,30,33)(H,31,34). The lowest BCUT2D eigenvalue weighted by molar-refractivity contribution is -0.117. The van der Waals surface area contributed by atoms with E-state index in [0.717, 1.165) is 28.8 Å². The minimum Gasteiger partial charge on any atom is -0.355 e. The molecular formula is C27H23F2N3O3. The summed E-state index contributed by atoms with van der Waals surface area (Å²) in [5.41, 5.74) is 3.18. The summed E-state index contributed by atoms with van der Waals surface area (Å²) in [5, 5.41) is 5.38. The van der Waals surface area contributed by atoms with Gasteiger partial charge in [-0.3, -0.25) is 14.4 Å². The number of pyridine rings is 1. The number of hydrogen-bond donors (Lipinski definition) is 2. The van der Waals surface area contributed by atoms with Crippen LogP contribution < -0.4 is 16.2 Å². The second-order valence-electron chi connectivity index (χ2n) is 8.10. The number of carbonyl (C=O) groups excluding carboxylic acids is 2. The molecule has 0 spiro atoms. The summed E-state index contributed by atoms with van der Waals surface area (Å²) in [7, 11) is 1.59. The van der Waals surface area contributed by atoms with Crippen LogP contribution in [-0.2, 0) is 17.9 Å². The summed E-state index contributed by atoms with van der Waals surface area (Å²) in [6.07, 6.45) is 5.86. The molecule has 1 heterocycles. The van der Waals surface area contributed by atoms with E-state index in [1.165, 1.54) is 22.9 Å². The molecule has 0 atom stereocenters. The van der Waals surface area contributed by atoms with Crippen LogP contribution >= 0.6 is 0 Å². The SMILES string of the molecule is CNC(=O)C1=CC(c2cccc(CNC(=O)c3cccn(Cc4ccc(F)c(F)c4)c3=O)c2)=CC1. The van der Waals surface area contributed by atoms with Crippen molar-refractivity contribution < 1.29 is 18.4 Å².